The van der Waals surface area contributed by atoms with Gasteiger partial charge in [0.15, 0.2) is 6.61 Å². The van der Waals surface area contributed by atoms with Crippen LogP contribution in [-0.2, 0) is 19.1 Å². The molecule has 2 aromatic carbocycles. The van der Waals surface area contributed by atoms with Crippen molar-refractivity contribution in [3.05, 3.63) is 70.3 Å². The number of rotatable bonds is 6. The van der Waals surface area contributed by atoms with E-state index >= 15 is 0 Å². The Morgan fingerprint density at radius 2 is 1.74 bits per heavy atom. The first kappa shape index (κ1) is 21.4. The van der Waals surface area contributed by atoms with Crippen LogP contribution in [0.25, 0.3) is 0 Å². The third kappa shape index (κ3) is 5.41. The average Bonchev–Trinajstić information content (AvgIpc) is 3.18. The van der Waals surface area contributed by atoms with E-state index in [0.29, 0.717) is 11.3 Å². The molecule has 3 rings (SSSR count). The summed E-state index contributed by atoms with van der Waals surface area (Å²) < 4.78 is 4.94. The number of nitrogens with one attached hydrogen (secondary N) is 2. The lowest BCUT2D eigenvalue weighted by atomic mass is 10.1. The van der Waals surface area contributed by atoms with E-state index in [0.717, 1.165) is 0 Å². The standard InChI is InChI=1S/C20H18N4O7/c25-17(21-22-19(27)13-4-2-1-3-5-13)12-31-20(28)14-10-18(26)23(11-14)15-6-8-16(9-7-15)24(29)30/h1-9,14H,10-12H2,(H,21,25)(H,22,27)/t14-/m0/s1. The molecule has 0 aromatic heterocycles. The molecule has 1 atom stereocenters. The first-order valence-electron chi connectivity index (χ1n) is 9.21. The molecule has 1 saturated heterocycles. The first-order valence-corrected chi connectivity index (χ1v) is 9.21. The van der Waals surface area contributed by atoms with E-state index in [2.05, 4.69) is 10.9 Å². The number of nitro benzene ring substituents is 1. The van der Waals surface area contributed by atoms with E-state index in [-0.39, 0.29) is 24.6 Å². The predicted octanol–water partition coefficient (Wildman–Crippen LogP) is 0.952. The molecule has 0 saturated carbocycles. The van der Waals surface area contributed by atoms with Gasteiger partial charge in [-0.2, -0.15) is 0 Å². The zero-order chi connectivity index (χ0) is 22.4. The van der Waals surface area contributed by atoms with Crippen LogP contribution in [0.4, 0.5) is 11.4 Å². The van der Waals surface area contributed by atoms with E-state index < -0.39 is 35.2 Å². The Morgan fingerprint density at radius 1 is 1.06 bits per heavy atom. The summed E-state index contributed by atoms with van der Waals surface area (Å²) in [6, 6.07) is 13.6. The Bertz CT molecular complexity index is 1010. The van der Waals surface area contributed by atoms with Gasteiger partial charge in [0.2, 0.25) is 5.91 Å². The van der Waals surface area contributed by atoms with E-state index in [1.54, 1.807) is 30.3 Å². The summed E-state index contributed by atoms with van der Waals surface area (Å²) in [6.45, 7) is -0.599. The number of ether oxygens (including phenoxy) is 1. The second-order valence-electron chi connectivity index (χ2n) is 6.65. The number of carbonyl (C=O) groups is 4. The molecule has 3 amide bonds. The number of anilines is 1. The molecule has 2 N–H and O–H groups in total. The Morgan fingerprint density at radius 3 is 2.39 bits per heavy atom. The Balaban J connectivity index is 1.46. The van der Waals surface area contributed by atoms with Crippen molar-refractivity contribution in [1.29, 1.82) is 0 Å². The van der Waals surface area contributed by atoms with Gasteiger partial charge in [-0.25, -0.2) is 0 Å². The highest BCUT2D eigenvalue weighted by atomic mass is 16.6. The minimum Gasteiger partial charge on any atom is -0.455 e. The lowest BCUT2D eigenvalue weighted by molar-refractivity contribution is -0.384. The second-order valence-corrected chi connectivity index (χ2v) is 6.65. The monoisotopic (exact) mass is 426 g/mol. The molecule has 0 aliphatic carbocycles. The molecule has 1 aliphatic heterocycles. The number of non-ortho nitro benzene ring substituents is 1. The molecule has 2 aromatic rings. The summed E-state index contributed by atoms with van der Waals surface area (Å²) in [4.78, 5) is 59.6. The maximum absolute atomic E-state index is 12.2. The number of hydrogen-bond acceptors (Lipinski definition) is 7. The van der Waals surface area contributed by atoms with Crippen LogP contribution in [-0.4, -0.2) is 41.8 Å². The molecule has 1 heterocycles. The van der Waals surface area contributed by atoms with Crippen LogP contribution >= 0.6 is 0 Å². The Kier molecular flexibility index (Phi) is 6.55. The fourth-order valence-electron chi connectivity index (χ4n) is 2.95. The van der Waals surface area contributed by atoms with Gasteiger partial charge in [-0.1, -0.05) is 18.2 Å². The molecule has 11 heteroatoms. The summed E-state index contributed by atoms with van der Waals surface area (Å²) in [5.41, 5.74) is 4.99. The maximum Gasteiger partial charge on any atom is 0.311 e. The largest absolute Gasteiger partial charge is 0.455 e. The predicted molar refractivity (Wildman–Crippen MR) is 107 cm³/mol. The maximum atomic E-state index is 12.2. The van der Waals surface area contributed by atoms with E-state index in [1.807, 2.05) is 0 Å². The fourth-order valence-corrected chi connectivity index (χ4v) is 2.95. The van der Waals surface area contributed by atoms with Gasteiger partial charge in [0.1, 0.15) is 0 Å². The molecule has 0 unspecified atom stereocenters. The summed E-state index contributed by atoms with van der Waals surface area (Å²) >= 11 is 0. The molecule has 31 heavy (non-hydrogen) atoms. The van der Waals surface area contributed by atoms with Crippen LogP contribution in [0.15, 0.2) is 54.6 Å². The van der Waals surface area contributed by atoms with Crippen LogP contribution in [0, 0.1) is 16.0 Å². The van der Waals surface area contributed by atoms with Crippen molar-refractivity contribution < 1.29 is 28.8 Å². The third-order valence-corrected chi connectivity index (χ3v) is 4.53. The number of amides is 3. The highest BCUT2D eigenvalue weighted by Crippen LogP contribution is 2.27. The number of benzene rings is 2. The van der Waals surface area contributed by atoms with Crippen molar-refractivity contribution in [2.24, 2.45) is 5.92 Å². The number of carbonyl (C=O) groups excluding carboxylic acids is 4. The van der Waals surface area contributed by atoms with E-state index in [9.17, 15) is 29.3 Å². The second kappa shape index (κ2) is 9.48. The molecule has 160 valence electrons. The van der Waals surface area contributed by atoms with Crippen LogP contribution < -0.4 is 15.8 Å². The third-order valence-electron chi connectivity index (χ3n) is 4.53. The van der Waals surface area contributed by atoms with Crippen molar-refractivity contribution in [3.63, 3.8) is 0 Å². The zero-order valence-electron chi connectivity index (χ0n) is 16.1. The molecular weight excluding hydrogens is 408 g/mol. The van der Waals surface area contributed by atoms with Gasteiger partial charge in [-0.05, 0) is 24.3 Å². The number of hydrogen-bond donors (Lipinski definition) is 2. The van der Waals surface area contributed by atoms with E-state index in [4.69, 9.17) is 4.74 Å². The van der Waals surface area contributed by atoms with Crippen molar-refractivity contribution in [3.8, 4) is 0 Å². The summed E-state index contributed by atoms with van der Waals surface area (Å²) in [6.07, 6.45) is -0.109. The van der Waals surface area contributed by atoms with Crippen molar-refractivity contribution >= 4 is 35.1 Å². The Hall–Kier alpha value is -4.28. The minimum absolute atomic E-state index is 0.0296. The highest BCUT2D eigenvalue weighted by Gasteiger charge is 2.36. The summed E-state index contributed by atoms with van der Waals surface area (Å²) in [7, 11) is 0. The minimum atomic E-state index is -0.783. The SMILES string of the molecule is O=C(COC(=O)[C@H]1CC(=O)N(c2ccc([N+](=O)[O-])cc2)C1)NNC(=O)c1ccccc1. The number of hydrazine groups is 1. The molecule has 0 bridgehead atoms. The van der Waals surface area contributed by atoms with Crippen molar-refractivity contribution in [1.82, 2.24) is 10.9 Å². The van der Waals surface area contributed by atoms with Crippen molar-refractivity contribution in [2.45, 2.75) is 6.42 Å². The number of nitrogens with zero attached hydrogens (tertiary/aromatic N) is 2. The summed E-state index contributed by atoms with van der Waals surface area (Å²) in [5, 5.41) is 10.7. The van der Waals surface area contributed by atoms with Gasteiger partial charge in [0.25, 0.3) is 17.5 Å². The fraction of sp³-hybridized carbons (Fsp3) is 0.200. The molecule has 1 fully saturated rings. The summed E-state index contributed by atoms with van der Waals surface area (Å²) in [5.74, 6) is -3.12. The quantitative estimate of drug-likeness (QED) is 0.397. The molecule has 11 nitrogen and oxygen atoms in total. The van der Waals surface area contributed by atoms with Gasteiger partial charge in [-0.15, -0.1) is 0 Å². The molecular formula is C20H18N4O7. The van der Waals surface area contributed by atoms with Crippen LogP contribution in [0.1, 0.15) is 16.8 Å². The molecule has 0 radical (unpaired) electrons. The van der Waals surface area contributed by atoms with Gasteiger partial charge in [0, 0.05) is 36.3 Å². The van der Waals surface area contributed by atoms with Crippen molar-refractivity contribution in [2.75, 3.05) is 18.1 Å². The number of esters is 1. The first-order chi connectivity index (χ1) is 14.8. The zero-order valence-corrected chi connectivity index (χ0v) is 16.1. The van der Waals surface area contributed by atoms with Gasteiger partial charge in [0.05, 0.1) is 10.8 Å². The number of nitro groups is 1. The van der Waals surface area contributed by atoms with Gasteiger partial charge < -0.3 is 9.64 Å². The topological polar surface area (TPSA) is 148 Å². The van der Waals surface area contributed by atoms with Crippen LogP contribution in [0.2, 0.25) is 0 Å². The van der Waals surface area contributed by atoms with Gasteiger partial charge >= 0.3 is 5.97 Å². The lowest BCUT2D eigenvalue weighted by Crippen LogP contribution is -2.43. The molecule has 0 spiro atoms. The lowest BCUT2D eigenvalue weighted by Gasteiger charge is -2.16. The smallest absolute Gasteiger partial charge is 0.311 e. The van der Waals surface area contributed by atoms with Crippen LogP contribution in [0.3, 0.4) is 0 Å². The van der Waals surface area contributed by atoms with Crippen LogP contribution in [0.5, 0.6) is 0 Å². The van der Waals surface area contributed by atoms with E-state index in [1.165, 1.54) is 29.2 Å². The average molecular weight is 426 g/mol. The normalized spacial score (nSPS) is 15.3. The highest BCUT2D eigenvalue weighted by molar-refractivity contribution is 6.00. The van der Waals surface area contributed by atoms with Gasteiger partial charge in [-0.3, -0.25) is 40.1 Å². The molecule has 1 aliphatic rings. The Labute approximate surface area is 176 Å².